The second-order valence-corrected chi connectivity index (χ2v) is 6.90. The topological polar surface area (TPSA) is 50.4 Å². The van der Waals surface area contributed by atoms with Gasteiger partial charge in [0.05, 0.1) is 19.7 Å². The predicted molar refractivity (Wildman–Crippen MR) is 112 cm³/mol. The number of rotatable bonds is 8. The molecule has 0 saturated carbocycles. The Bertz CT molecular complexity index is 923. The van der Waals surface area contributed by atoms with Crippen LogP contribution in [0.4, 0.5) is 4.39 Å². The number of carbonyl (C=O) groups excluding carboxylic acids is 1. The average Bonchev–Trinajstić information content (AvgIpc) is 2.75. The van der Waals surface area contributed by atoms with Crippen molar-refractivity contribution >= 4 is 5.91 Å². The number of hydrogen-bond donors (Lipinski definition) is 2. The van der Waals surface area contributed by atoms with Crippen molar-refractivity contribution in [2.45, 2.75) is 19.5 Å². The molecule has 3 rings (SSSR count). The molecular weight excluding hydrogens is 367 g/mol. The van der Waals surface area contributed by atoms with Crippen molar-refractivity contribution in [1.82, 2.24) is 10.6 Å². The number of carbonyl (C=O) groups is 1. The van der Waals surface area contributed by atoms with Crippen molar-refractivity contribution in [3.63, 3.8) is 0 Å². The molecule has 1 atom stereocenters. The number of amides is 1. The molecule has 4 nitrogen and oxygen atoms in total. The van der Waals surface area contributed by atoms with Gasteiger partial charge in [-0.25, -0.2) is 4.39 Å². The highest BCUT2D eigenvalue weighted by Gasteiger charge is 2.15. The number of methoxy groups -OCH3 is 1. The summed E-state index contributed by atoms with van der Waals surface area (Å²) in [6, 6.07) is 21.7. The SMILES string of the molecule is COc1ccc([C@H](NCC(=O)NCc2ccc(C)cc2)c2ccc(F)cc2)cc1. The van der Waals surface area contributed by atoms with E-state index in [0.29, 0.717) is 6.54 Å². The van der Waals surface area contributed by atoms with Gasteiger partial charge in [-0.15, -0.1) is 0 Å². The number of benzene rings is 3. The lowest BCUT2D eigenvalue weighted by Gasteiger charge is -2.20. The van der Waals surface area contributed by atoms with E-state index in [1.54, 1.807) is 19.2 Å². The molecule has 0 heterocycles. The van der Waals surface area contributed by atoms with Crippen LogP contribution in [0.5, 0.6) is 5.75 Å². The summed E-state index contributed by atoms with van der Waals surface area (Å²) in [6.45, 7) is 2.64. The molecule has 5 heteroatoms. The van der Waals surface area contributed by atoms with Gasteiger partial charge in [-0.1, -0.05) is 54.1 Å². The zero-order valence-electron chi connectivity index (χ0n) is 16.6. The predicted octanol–water partition coefficient (Wildman–Crippen LogP) is 4.14. The molecule has 2 N–H and O–H groups in total. The Kier molecular flexibility index (Phi) is 6.98. The van der Waals surface area contributed by atoms with Crippen molar-refractivity contribution in [2.24, 2.45) is 0 Å². The van der Waals surface area contributed by atoms with Crippen molar-refractivity contribution < 1.29 is 13.9 Å². The smallest absolute Gasteiger partial charge is 0.234 e. The first-order chi connectivity index (χ1) is 14.0. The average molecular weight is 392 g/mol. The van der Waals surface area contributed by atoms with Crippen LogP contribution in [0.2, 0.25) is 0 Å². The Morgan fingerprint density at radius 1 is 0.931 bits per heavy atom. The minimum absolute atomic E-state index is 0.105. The molecule has 1 amide bonds. The van der Waals surface area contributed by atoms with E-state index in [-0.39, 0.29) is 24.3 Å². The number of ether oxygens (including phenoxy) is 1. The molecule has 0 unspecified atom stereocenters. The maximum atomic E-state index is 13.4. The Morgan fingerprint density at radius 3 is 2.10 bits per heavy atom. The summed E-state index contributed by atoms with van der Waals surface area (Å²) < 4.78 is 18.6. The Hall–Kier alpha value is -3.18. The molecular formula is C24H25FN2O2. The number of halogens is 1. The van der Waals surface area contributed by atoms with E-state index in [1.165, 1.54) is 17.7 Å². The molecule has 3 aromatic rings. The molecule has 150 valence electrons. The largest absolute Gasteiger partial charge is 0.497 e. The Labute approximate surface area is 170 Å². The van der Waals surface area contributed by atoms with E-state index < -0.39 is 0 Å². The lowest BCUT2D eigenvalue weighted by atomic mass is 9.98. The van der Waals surface area contributed by atoms with Crippen LogP contribution >= 0.6 is 0 Å². The summed E-state index contributed by atoms with van der Waals surface area (Å²) in [5.74, 6) is 0.353. The van der Waals surface area contributed by atoms with E-state index in [0.717, 1.165) is 22.4 Å². The van der Waals surface area contributed by atoms with Crippen molar-refractivity contribution in [1.29, 1.82) is 0 Å². The minimum atomic E-state index is -0.293. The van der Waals surface area contributed by atoms with Gasteiger partial charge in [0, 0.05) is 6.54 Å². The van der Waals surface area contributed by atoms with Crippen LogP contribution in [0.25, 0.3) is 0 Å². The van der Waals surface area contributed by atoms with Gasteiger partial charge in [-0.3, -0.25) is 10.1 Å². The molecule has 0 saturated heterocycles. The summed E-state index contributed by atoms with van der Waals surface area (Å²) in [5.41, 5.74) is 4.07. The van der Waals surface area contributed by atoms with E-state index in [1.807, 2.05) is 55.5 Å². The second-order valence-electron chi connectivity index (χ2n) is 6.90. The summed E-state index contributed by atoms with van der Waals surface area (Å²) in [4.78, 5) is 12.4. The quantitative estimate of drug-likeness (QED) is 0.606. The lowest BCUT2D eigenvalue weighted by Crippen LogP contribution is -2.35. The summed E-state index contributed by atoms with van der Waals surface area (Å²) in [5, 5.41) is 6.20. The maximum absolute atomic E-state index is 13.4. The van der Waals surface area contributed by atoms with Crippen LogP contribution in [0.3, 0.4) is 0 Å². The van der Waals surface area contributed by atoms with Crippen molar-refractivity contribution in [3.8, 4) is 5.75 Å². The molecule has 0 spiro atoms. The molecule has 0 aliphatic carbocycles. The first kappa shape index (κ1) is 20.6. The van der Waals surface area contributed by atoms with Crippen LogP contribution in [0, 0.1) is 12.7 Å². The number of aryl methyl sites for hydroxylation is 1. The lowest BCUT2D eigenvalue weighted by molar-refractivity contribution is -0.120. The third-order valence-electron chi connectivity index (χ3n) is 4.73. The second kappa shape index (κ2) is 9.85. The van der Waals surface area contributed by atoms with E-state index in [4.69, 9.17) is 4.74 Å². The number of hydrogen-bond acceptors (Lipinski definition) is 3. The van der Waals surface area contributed by atoms with Gasteiger partial charge in [0.2, 0.25) is 5.91 Å². The molecule has 3 aromatic carbocycles. The highest BCUT2D eigenvalue weighted by Crippen LogP contribution is 2.24. The highest BCUT2D eigenvalue weighted by atomic mass is 19.1. The van der Waals surface area contributed by atoms with E-state index in [2.05, 4.69) is 10.6 Å². The molecule has 29 heavy (non-hydrogen) atoms. The van der Waals surface area contributed by atoms with E-state index in [9.17, 15) is 9.18 Å². The van der Waals surface area contributed by atoms with Crippen LogP contribution in [0.15, 0.2) is 72.8 Å². The highest BCUT2D eigenvalue weighted by molar-refractivity contribution is 5.78. The zero-order chi connectivity index (χ0) is 20.6. The molecule has 0 radical (unpaired) electrons. The minimum Gasteiger partial charge on any atom is -0.497 e. The van der Waals surface area contributed by atoms with Gasteiger partial charge in [-0.05, 0) is 47.9 Å². The van der Waals surface area contributed by atoms with Gasteiger partial charge in [0.1, 0.15) is 11.6 Å². The summed E-state index contributed by atoms with van der Waals surface area (Å²) in [6.07, 6.45) is 0. The number of nitrogens with one attached hydrogen (secondary N) is 2. The fourth-order valence-corrected chi connectivity index (χ4v) is 3.04. The van der Waals surface area contributed by atoms with Gasteiger partial charge in [-0.2, -0.15) is 0 Å². The van der Waals surface area contributed by atoms with Gasteiger partial charge in [0.15, 0.2) is 0 Å². The first-order valence-corrected chi connectivity index (χ1v) is 9.50. The fraction of sp³-hybridized carbons (Fsp3) is 0.208. The maximum Gasteiger partial charge on any atom is 0.234 e. The van der Waals surface area contributed by atoms with Gasteiger partial charge >= 0.3 is 0 Å². The van der Waals surface area contributed by atoms with Crippen molar-refractivity contribution in [2.75, 3.05) is 13.7 Å². The van der Waals surface area contributed by atoms with Gasteiger partial charge < -0.3 is 10.1 Å². The third-order valence-corrected chi connectivity index (χ3v) is 4.73. The molecule has 0 aromatic heterocycles. The van der Waals surface area contributed by atoms with E-state index >= 15 is 0 Å². The Morgan fingerprint density at radius 2 is 1.52 bits per heavy atom. The molecule has 0 aliphatic rings. The monoisotopic (exact) mass is 392 g/mol. The molecule has 0 bridgehead atoms. The fourth-order valence-electron chi connectivity index (χ4n) is 3.04. The van der Waals surface area contributed by atoms with Crippen LogP contribution in [0.1, 0.15) is 28.3 Å². The zero-order valence-corrected chi connectivity index (χ0v) is 16.6. The standard InChI is InChI=1S/C24H25FN2O2/c1-17-3-5-18(6-4-17)15-26-23(28)16-27-24(19-7-11-21(25)12-8-19)20-9-13-22(29-2)14-10-20/h3-14,24,27H,15-16H2,1-2H3,(H,26,28)/t24-/m1/s1. The van der Waals surface area contributed by atoms with Crippen LogP contribution in [-0.4, -0.2) is 19.6 Å². The first-order valence-electron chi connectivity index (χ1n) is 9.50. The van der Waals surface area contributed by atoms with Crippen molar-refractivity contribution in [3.05, 3.63) is 101 Å². The van der Waals surface area contributed by atoms with Crippen LogP contribution in [-0.2, 0) is 11.3 Å². The Balaban J connectivity index is 1.66. The summed E-state index contributed by atoms with van der Waals surface area (Å²) >= 11 is 0. The van der Waals surface area contributed by atoms with Crippen LogP contribution < -0.4 is 15.4 Å². The van der Waals surface area contributed by atoms with Gasteiger partial charge in [0.25, 0.3) is 0 Å². The third kappa shape index (κ3) is 5.90. The molecule has 0 fully saturated rings. The summed E-state index contributed by atoms with van der Waals surface area (Å²) in [7, 11) is 1.61. The molecule has 0 aliphatic heterocycles. The normalized spacial score (nSPS) is 11.7.